The van der Waals surface area contributed by atoms with Crippen LogP contribution in [0.4, 0.5) is 5.69 Å². The predicted molar refractivity (Wildman–Crippen MR) is 66.0 cm³/mol. The number of aryl methyl sites for hydroxylation is 2. The Labute approximate surface area is 90.9 Å². The van der Waals surface area contributed by atoms with Crippen LogP contribution in [-0.4, -0.2) is 19.2 Å². The molecule has 0 bridgehead atoms. The van der Waals surface area contributed by atoms with Crippen LogP contribution in [0.1, 0.15) is 11.1 Å². The highest BCUT2D eigenvalue weighted by atomic mass is 32.1. The summed E-state index contributed by atoms with van der Waals surface area (Å²) < 4.78 is 0. The van der Waals surface area contributed by atoms with Gasteiger partial charge in [0.05, 0.1) is 0 Å². The summed E-state index contributed by atoms with van der Waals surface area (Å²) in [5, 5.41) is 3.69. The fourth-order valence-electron chi connectivity index (χ4n) is 1.43. The Morgan fingerprint density at radius 2 is 1.71 bits per heavy atom. The highest BCUT2D eigenvalue weighted by molar-refractivity contribution is 7.80. The van der Waals surface area contributed by atoms with E-state index in [-0.39, 0.29) is 0 Å². The summed E-state index contributed by atoms with van der Waals surface area (Å²) in [5.74, 6) is 0. The zero-order valence-electron chi connectivity index (χ0n) is 9.09. The van der Waals surface area contributed by atoms with E-state index in [1.54, 1.807) is 0 Å². The molecular weight excluding hydrogens is 192 g/mol. The van der Waals surface area contributed by atoms with Gasteiger partial charge in [-0.25, -0.2) is 0 Å². The third-order valence-corrected chi connectivity index (χ3v) is 2.59. The quantitative estimate of drug-likeness (QED) is 0.713. The molecule has 0 aliphatic rings. The number of nitrogens with zero attached hydrogens (tertiary/aromatic N) is 1. The maximum atomic E-state index is 5.16. The zero-order valence-corrected chi connectivity index (χ0v) is 9.90. The molecule has 76 valence electrons. The molecule has 0 aliphatic carbocycles. The molecule has 0 saturated heterocycles. The van der Waals surface area contributed by atoms with Gasteiger partial charge < -0.3 is 10.2 Å². The van der Waals surface area contributed by atoms with Gasteiger partial charge in [-0.3, -0.25) is 0 Å². The molecule has 0 heterocycles. The number of hydrogen-bond donors (Lipinski definition) is 1. The molecule has 0 unspecified atom stereocenters. The highest BCUT2D eigenvalue weighted by Crippen LogP contribution is 2.17. The van der Waals surface area contributed by atoms with E-state index in [0.717, 1.165) is 10.8 Å². The van der Waals surface area contributed by atoms with Crippen LogP contribution in [0.5, 0.6) is 0 Å². The average molecular weight is 208 g/mol. The predicted octanol–water partition coefficient (Wildman–Crippen LogP) is 2.24. The molecule has 1 rings (SSSR count). The van der Waals surface area contributed by atoms with Crippen molar-refractivity contribution >= 4 is 23.0 Å². The Hall–Kier alpha value is -1.09. The van der Waals surface area contributed by atoms with Crippen molar-refractivity contribution in [1.82, 2.24) is 5.32 Å². The summed E-state index contributed by atoms with van der Waals surface area (Å²) in [4.78, 5) is 1.97. The molecule has 1 aromatic carbocycles. The number of hydrogen-bond acceptors (Lipinski definition) is 1. The molecule has 0 radical (unpaired) electrons. The van der Waals surface area contributed by atoms with Crippen LogP contribution in [-0.2, 0) is 0 Å². The van der Waals surface area contributed by atoms with Crippen molar-refractivity contribution in [2.45, 2.75) is 13.8 Å². The van der Waals surface area contributed by atoms with E-state index in [4.69, 9.17) is 12.2 Å². The summed E-state index contributed by atoms with van der Waals surface area (Å²) in [6.07, 6.45) is 0. The highest BCUT2D eigenvalue weighted by Gasteiger charge is 2.05. The van der Waals surface area contributed by atoms with Gasteiger partial charge in [-0.05, 0) is 49.3 Å². The van der Waals surface area contributed by atoms with Gasteiger partial charge in [0.1, 0.15) is 0 Å². The second kappa shape index (κ2) is 4.42. The molecule has 0 aliphatic heterocycles. The Kier molecular flexibility index (Phi) is 3.47. The van der Waals surface area contributed by atoms with Crippen molar-refractivity contribution in [3.63, 3.8) is 0 Å². The Morgan fingerprint density at radius 1 is 1.21 bits per heavy atom. The molecular formula is C11H16N2S. The molecule has 0 aromatic heterocycles. The third kappa shape index (κ3) is 2.45. The number of thiocarbonyl (C=S) groups is 1. The molecule has 0 amide bonds. The largest absolute Gasteiger partial charge is 0.365 e. The minimum atomic E-state index is 0.731. The lowest BCUT2D eigenvalue weighted by Crippen LogP contribution is -2.34. The monoisotopic (exact) mass is 208 g/mol. The van der Waals surface area contributed by atoms with Gasteiger partial charge in [-0.2, -0.15) is 0 Å². The number of rotatable bonds is 1. The van der Waals surface area contributed by atoms with Gasteiger partial charge in [0.15, 0.2) is 5.11 Å². The minimum absolute atomic E-state index is 0.731. The van der Waals surface area contributed by atoms with Crippen LogP contribution in [0, 0.1) is 13.8 Å². The molecule has 14 heavy (non-hydrogen) atoms. The molecule has 0 atom stereocenters. The molecule has 3 heteroatoms. The minimum Gasteiger partial charge on any atom is -0.365 e. The maximum Gasteiger partial charge on any atom is 0.172 e. The molecule has 0 spiro atoms. The van der Waals surface area contributed by atoms with E-state index < -0.39 is 0 Å². The first kappa shape index (κ1) is 11.0. The van der Waals surface area contributed by atoms with Crippen LogP contribution in [0.15, 0.2) is 18.2 Å². The van der Waals surface area contributed by atoms with E-state index >= 15 is 0 Å². The van der Waals surface area contributed by atoms with E-state index in [2.05, 4.69) is 37.4 Å². The fraction of sp³-hybridized carbons (Fsp3) is 0.364. The van der Waals surface area contributed by atoms with Crippen molar-refractivity contribution in [2.75, 3.05) is 19.0 Å². The summed E-state index contributed by atoms with van der Waals surface area (Å²) >= 11 is 5.16. The Bertz CT molecular complexity index is 327. The lowest BCUT2D eigenvalue weighted by Gasteiger charge is -2.20. The van der Waals surface area contributed by atoms with Crippen LogP contribution < -0.4 is 10.2 Å². The first-order valence-electron chi connectivity index (χ1n) is 4.58. The van der Waals surface area contributed by atoms with Gasteiger partial charge in [-0.1, -0.05) is 6.07 Å². The van der Waals surface area contributed by atoms with Crippen molar-refractivity contribution in [2.24, 2.45) is 0 Å². The van der Waals surface area contributed by atoms with E-state index in [0.29, 0.717) is 0 Å². The molecule has 1 N–H and O–H groups in total. The average Bonchev–Trinajstić information content (AvgIpc) is 2.14. The Balaban J connectivity index is 3.00. The van der Waals surface area contributed by atoms with Gasteiger partial charge in [0.2, 0.25) is 0 Å². The number of nitrogens with one attached hydrogen (secondary N) is 1. The molecule has 1 aromatic rings. The van der Waals surface area contributed by atoms with E-state index in [9.17, 15) is 0 Å². The first-order chi connectivity index (χ1) is 6.54. The van der Waals surface area contributed by atoms with Crippen LogP contribution in [0.2, 0.25) is 0 Å². The van der Waals surface area contributed by atoms with Crippen LogP contribution in [0.3, 0.4) is 0 Å². The van der Waals surface area contributed by atoms with Gasteiger partial charge in [0, 0.05) is 19.8 Å². The maximum absolute atomic E-state index is 5.16. The van der Waals surface area contributed by atoms with Gasteiger partial charge in [-0.15, -0.1) is 0 Å². The lowest BCUT2D eigenvalue weighted by atomic mass is 10.1. The summed E-state index contributed by atoms with van der Waals surface area (Å²) in [7, 11) is 3.80. The lowest BCUT2D eigenvalue weighted by molar-refractivity contribution is 1.11. The fourth-order valence-corrected chi connectivity index (χ4v) is 1.53. The summed E-state index contributed by atoms with van der Waals surface area (Å²) in [6.45, 7) is 4.18. The topological polar surface area (TPSA) is 15.3 Å². The second-order valence-corrected chi connectivity index (χ2v) is 3.85. The first-order valence-corrected chi connectivity index (χ1v) is 4.99. The molecule has 2 nitrogen and oxygen atoms in total. The van der Waals surface area contributed by atoms with Gasteiger partial charge >= 0.3 is 0 Å². The van der Waals surface area contributed by atoms with Crippen molar-refractivity contribution in [3.8, 4) is 0 Å². The number of benzene rings is 1. The van der Waals surface area contributed by atoms with Crippen molar-refractivity contribution in [1.29, 1.82) is 0 Å². The normalized spacial score (nSPS) is 9.71. The zero-order chi connectivity index (χ0) is 10.7. The van der Waals surface area contributed by atoms with Crippen molar-refractivity contribution < 1.29 is 0 Å². The Morgan fingerprint density at radius 3 is 2.14 bits per heavy atom. The van der Waals surface area contributed by atoms with Crippen LogP contribution >= 0.6 is 12.2 Å². The second-order valence-electron chi connectivity index (χ2n) is 3.46. The van der Waals surface area contributed by atoms with Crippen molar-refractivity contribution in [3.05, 3.63) is 29.3 Å². The summed E-state index contributed by atoms with van der Waals surface area (Å²) in [5.41, 5.74) is 3.64. The SMILES string of the molecule is CNC(=S)N(C)c1cc(C)cc(C)c1. The smallest absolute Gasteiger partial charge is 0.172 e. The molecule has 0 saturated carbocycles. The van der Waals surface area contributed by atoms with E-state index in [1.165, 1.54) is 11.1 Å². The van der Waals surface area contributed by atoms with Crippen LogP contribution in [0.25, 0.3) is 0 Å². The molecule has 0 fully saturated rings. The standard InChI is InChI=1S/C11H16N2S/c1-8-5-9(2)7-10(6-8)13(4)11(14)12-3/h5-7H,1-4H3,(H,12,14). The van der Waals surface area contributed by atoms with E-state index in [1.807, 2.05) is 19.0 Å². The summed E-state index contributed by atoms with van der Waals surface area (Å²) in [6, 6.07) is 6.40. The third-order valence-electron chi connectivity index (χ3n) is 2.11. The van der Waals surface area contributed by atoms with Gasteiger partial charge in [0.25, 0.3) is 0 Å². The number of anilines is 1.